The molecule has 2 heterocycles. The van der Waals surface area contributed by atoms with Crippen LogP contribution in [0.1, 0.15) is 49.9 Å². The molecule has 1 aromatic rings. The van der Waals surface area contributed by atoms with Crippen LogP contribution in [0.15, 0.2) is 12.4 Å². The summed E-state index contributed by atoms with van der Waals surface area (Å²) in [4.78, 5) is 23.2. The van der Waals surface area contributed by atoms with E-state index in [9.17, 15) is 4.79 Å². The number of morpholine rings is 1. The molecule has 6 heteroatoms. The Morgan fingerprint density at radius 2 is 2.00 bits per heavy atom. The van der Waals surface area contributed by atoms with Crippen LogP contribution in [-0.4, -0.2) is 52.7 Å². The molecule has 3 fully saturated rings. The third kappa shape index (κ3) is 3.86. The first kappa shape index (κ1) is 15.8. The van der Waals surface area contributed by atoms with Crippen LogP contribution in [0.3, 0.4) is 0 Å². The summed E-state index contributed by atoms with van der Waals surface area (Å²) < 4.78 is 5.96. The molecule has 2 amide bonds. The van der Waals surface area contributed by atoms with Crippen molar-refractivity contribution < 1.29 is 9.53 Å². The maximum Gasteiger partial charge on any atom is 0.317 e. The third-order valence-corrected chi connectivity index (χ3v) is 5.08. The van der Waals surface area contributed by atoms with Crippen LogP contribution in [0, 0.1) is 5.92 Å². The lowest BCUT2D eigenvalue weighted by Crippen LogP contribution is -2.53. The minimum atomic E-state index is 0.0197. The number of ether oxygens (including phenoxy) is 1. The van der Waals surface area contributed by atoms with Crippen LogP contribution < -0.4 is 5.32 Å². The van der Waals surface area contributed by atoms with Crippen molar-refractivity contribution in [3.63, 3.8) is 0 Å². The Labute approximate surface area is 143 Å². The summed E-state index contributed by atoms with van der Waals surface area (Å²) in [7, 11) is 0. The molecule has 1 aliphatic heterocycles. The molecule has 24 heavy (non-hydrogen) atoms. The summed E-state index contributed by atoms with van der Waals surface area (Å²) in [6.07, 6.45) is 9.82. The van der Waals surface area contributed by atoms with Crippen LogP contribution in [0.25, 0.3) is 0 Å². The molecule has 2 saturated carbocycles. The van der Waals surface area contributed by atoms with Crippen molar-refractivity contribution in [3.8, 4) is 0 Å². The molecule has 0 unspecified atom stereocenters. The van der Waals surface area contributed by atoms with Gasteiger partial charge in [0.25, 0.3) is 0 Å². The molecule has 4 rings (SSSR count). The Morgan fingerprint density at radius 3 is 2.67 bits per heavy atom. The van der Waals surface area contributed by atoms with E-state index in [4.69, 9.17) is 4.74 Å². The van der Waals surface area contributed by atoms with E-state index in [1.165, 1.54) is 25.7 Å². The molecule has 0 bridgehead atoms. The summed E-state index contributed by atoms with van der Waals surface area (Å²) in [5.41, 5.74) is 1.07. The quantitative estimate of drug-likeness (QED) is 0.898. The molecule has 6 nitrogen and oxygen atoms in total. The topological polar surface area (TPSA) is 67.4 Å². The molecule has 130 valence electrons. The highest BCUT2D eigenvalue weighted by molar-refractivity contribution is 5.74. The molecule has 3 aliphatic rings. The van der Waals surface area contributed by atoms with Crippen molar-refractivity contribution >= 4 is 6.03 Å². The van der Waals surface area contributed by atoms with Gasteiger partial charge < -0.3 is 15.0 Å². The van der Waals surface area contributed by atoms with Crippen molar-refractivity contribution in [2.24, 2.45) is 5.92 Å². The van der Waals surface area contributed by atoms with E-state index in [0.29, 0.717) is 24.9 Å². The van der Waals surface area contributed by atoms with Crippen molar-refractivity contribution in [2.75, 3.05) is 19.6 Å². The number of carbonyl (C=O) groups is 1. The number of urea groups is 1. The van der Waals surface area contributed by atoms with E-state index in [1.807, 2.05) is 24.2 Å². The van der Waals surface area contributed by atoms with Crippen molar-refractivity contribution in [1.82, 2.24) is 20.2 Å². The fraction of sp³-hybridized carbons (Fsp3) is 0.722. The standard InChI is InChI=1S/C18H26N4O2/c1-12-10-22(11-16(24-12)14-2-3-14)18(23)19-7-6-13-8-20-17(21-9-13)15-4-5-15/h8-9,12,14-16H,2-7,10-11H2,1H3,(H,19,23)/t12-,16-/m1/s1. The van der Waals surface area contributed by atoms with Gasteiger partial charge in [-0.3, -0.25) is 0 Å². The van der Waals surface area contributed by atoms with Gasteiger partial charge in [0.15, 0.2) is 0 Å². The zero-order valence-electron chi connectivity index (χ0n) is 14.3. The maximum absolute atomic E-state index is 12.4. The molecule has 0 aromatic carbocycles. The second kappa shape index (κ2) is 6.67. The van der Waals surface area contributed by atoms with Crippen LogP contribution in [0.5, 0.6) is 0 Å². The first-order chi connectivity index (χ1) is 11.7. The van der Waals surface area contributed by atoms with Crippen molar-refractivity contribution in [3.05, 3.63) is 23.8 Å². The predicted octanol–water partition coefficient (Wildman–Crippen LogP) is 2.11. The Balaban J connectivity index is 1.23. The lowest BCUT2D eigenvalue weighted by Gasteiger charge is -2.37. The largest absolute Gasteiger partial charge is 0.371 e. The van der Waals surface area contributed by atoms with E-state index in [1.54, 1.807) is 0 Å². The molecule has 0 spiro atoms. The van der Waals surface area contributed by atoms with E-state index in [-0.39, 0.29) is 18.2 Å². The van der Waals surface area contributed by atoms with Gasteiger partial charge in [-0.1, -0.05) is 0 Å². The molecule has 1 N–H and O–H groups in total. The van der Waals surface area contributed by atoms with Gasteiger partial charge in [-0.25, -0.2) is 14.8 Å². The molecular weight excluding hydrogens is 304 g/mol. The van der Waals surface area contributed by atoms with Gasteiger partial charge in [0.05, 0.1) is 12.2 Å². The fourth-order valence-corrected chi connectivity index (χ4v) is 3.35. The molecule has 1 saturated heterocycles. The Bertz CT molecular complexity index is 583. The highest BCUT2D eigenvalue weighted by Gasteiger charge is 2.38. The minimum absolute atomic E-state index is 0.0197. The van der Waals surface area contributed by atoms with Gasteiger partial charge in [0, 0.05) is 37.9 Å². The van der Waals surface area contributed by atoms with Gasteiger partial charge in [-0.2, -0.15) is 0 Å². The van der Waals surface area contributed by atoms with Crippen molar-refractivity contribution in [2.45, 2.75) is 57.2 Å². The molecule has 2 atom stereocenters. The van der Waals surface area contributed by atoms with E-state index in [2.05, 4.69) is 15.3 Å². The Kier molecular flexibility index (Phi) is 4.39. The van der Waals surface area contributed by atoms with E-state index >= 15 is 0 Å². The monoisotopic (exact) mass is 330 g/mol. The van der Waals surface area contributed by atoms with E-state index < -0.39 is 0 Å². The molecular formula is C18H26N4O2. The minimum Gasteiger partial charge on any atom is -0.371 e. The number of hydrogen-bond donors (Lipinski definition) is 1. The normalized spacial score (nSPS) is 27.1. The summed E-state index contributed by atoms with van der Waals surface area (Å²) in [5, 5.41) is 3.03. The summed E-state index contributed by atoms with van der Waals surface area (Å²) in [6.45, 7) is 4.06. The van der Waals surface area contributed by atoms with Crippen LogP contribution >= 0.6 is 0 Å². The average Bonchev–Trinajstić information content (AvgIpc) is 3.48. The molecule has 1 aromatic heterocycles. The summed E-state index contributed by atoms with van der Waals surface area (Å²) in [5.74, 6) is 2.21. The summed E-state index contributed by atoms with van der Waals surface area (Å²) in [6, 6.07) is 0.0197. The van der Waals surface area contributed by atoms with Crippen molar-refractivity contribution in [1.29, 1.82) is 0 Å². The van der Waals surface area contributed by atoms with Gasteiger partial charge in [0.2, 0.25) is 0 Å². The lowest BCUT2D eigenvalue weighted by molar-refractivity contribution is -0.0730. The van der Waals surface area contributed by atoms with Gasteiger partial charge in [-0.05, 0) is 50.5 Å². The van der Waals surface area contributed by atoms with Crippen LogP contribution in [0.2, 0.25) is 0 Å². The van der Waals surface area contributed by atoms with Gasteiger partial charge >= 0.3 is 6.03 Å². The number of rotatable bonds is 5. The van der Waals surface area contributed by atoms with E-state index in [0.717, 1.165) is 24.4 Å². The highest BCUT2D eigenvalue weighted by atomic mass is 16.5. The predicted molar refractivity (Wildman–Crippen MR) is 89.7 cm³/mol. The van der Waals surface area contributed by atoms with Crippen LogP contribution in [0.4, 0.5) is 4.79 Å². The second-order valence-electron chi connectivity index (χ2n) is 7.43. The number of nitrogens with zero attached hydrogens (tertiary/aromatic N) is 3. The number of nitrogens with one attached hydrogen (secondary N) is 1. The average molecular weight is 330 g/mol. The Hall–Kier alpha value is -1.69. The lowest BCUT2D eigenvalue weighted by atomic mass is 10.1. The van der Waals surface area contributed by atoms with Crippen LogP contribution in [-0.2, 0) is 11.2 Å². The number of aromatic nitrogens is 2. The smallest absolute Gasteiger partial charge is 0.317 e. The SMILES string of the molecule is C[C@@H]1CN(C(=O)NCCc2cnc(C3CC3)nc2)C[C@H](C2CC2)O1. The molecule has 2 aliphatic carbocycles. The first-order valence-electron chi connectivity index (χ1n) is 9.18. The second-order valence-corrected chi connectivity index (χ2v) is 7.43. The zero-order chi connectivity index (χ0) is 16.5. The fourth-order valence-electron chi connectivity index (χ4n) is 3.35. The molecule has 0 radical (unpaired) electrons. The zero-order valence-corrected chi connectivity index (χ0v) is 14.3. The van der Waals surface area contributed by atoms with Gasteiger partial charge in [0.1, 0.15) is 5.82 Å². The Morgan fingerprint density at radius 1 is 1.25 bits per heavy atom. The maximum atomic E-state index is 12.4. The van der Waals surface area contributed by atoms with Gasteiger partial charge in [-0.15, -0.1) is 0 Å². The number of hydrogen-bond acceptors (Lipinski definition) is 4. The number of carbonyl (C=O) groups excluding carboxylic acids is 1. The third-order valence-electron chi connectivity index (χ3n) is 5.08. The number of amides is 2. The highest BCUT2D eigenvalue weighted by Crippen LogP contribution is 2.37. The first-order valence-corrected chi connectivity index (χ1v) is 9.18. The summed E-state index contributed by atoms with van der Waals surface area (Å²) >= 11 is 0.